The van der Waals surface area contributed by atoms with Crippen molar-refractivity contribution in [1.82, 2.24) is 25.1 Å². The summed E-state index contributed by atoms with van der Waals surface area (Å²) >= 11 is 0. The molecule has 0 aliphatic heterocycles. The van der Waals surface area contributed by atoms with Crippen molar-refractivity contribution in [3.63, 3.8) is 0 Å². The lowest BCUT2D eigenvalue weighted by Gasteiger charge is -2.29. The number of amides is 1. The molecule has 0 radical (unpaired) electrons. The van der Waals surface area contributed by atoms with E-state index in [9.17, 15) is 13.6 Å². The van der Waals surface area contributed by atoms with Gasteiger partial charge in [0, 0.05) is 36.6 Å². The normalized spacial score (nSPS) is 18.9. The van der Waals surface area contributed by atoms with Gasteiger partial charge < -0.3 is 5.32 Å². The van der Waals surface area contributed by atoms with Gasteiger partial charge in [-0.2, -0.15) is 5.10 Å². The summed E-state index contributed by atoms with van der Waals surface area (Å²) < 4.78 is 28.2. The third kappa shape index (κ3) is 4.87. The van der Waals surface area contributed by atoms with Gasteiger partial charge in [-0.3, -0.25) is 19.4 Å². The van der Waals surface area contributed by atoms with Gasteiger partial charge in [0.2, 0.25) is 5.91 Å². The summed E-state index contributed by atoms with van der Waals surface area (Å²) in [5.74, 6) is -1.82. The Bertz CT molecular complexity index is 1000. The van der Waals surface area contributed by atoms with E-state index in [2.05, 4.69) is 20.4 Å². The predicted molar refractivity (Wildman–Crippen MR) is 107 cm³/mol. The van der Waals surface area contributed by atoms with Crippen LogP contribution in [0.4, 0.5) is 8.78 Å². The smallest absolute Gasteiger partial charge is 0.220 e. The first-order valence-corrected chi connectivity index (χ1v) is 10.1. The van der Waals surface area contributed by atoms with Gasteiger partial charge in [-0.1, -0.05) is 6.07 Å². The van der Waals surface area contributed by atoms with Gasteiger partial charge in [0.15, 0.2) is 11.6 Å². The molecule has 0 atom stereocenters. The number of nitrogens with one attached hydrogen (secondary N) is 1. The maximum atomic E-state index is 13.3. The van der Waals surface area contributed by atoms with E-state index >= 15 is 0 Å². The van der Waals surface area contributed by atoms with Crippen LogP contribution in [0.5, 0.6) is 0 Å². The van der Waals surface area contributed by atoms with Crippen molar-refractivity contribution >= 4 is 5.91 Å². The lowest BCUT2D eigenvalue weighted by atomic mass is 9.91. The molecule has 1 aliphatic rings. The van der Waals surface area contributed by atoms with E-state index in [1.54, 1.807) is 24.8 Å². The monoisotopic (exact) mass is 411 g/mol. The van der Waals surface area contributed by atoms with Gasteiger partial charge >= 0.3 is 0 Å². The summed E-state index contributed by atoms with van der Waals surface area (Å²) in [7, 11) is 0. The van der Waals surface area contributed by atoms with Crippen LogP contribution in [0.1, 0.15) is 43.7 Å². The summed E-state index contributed by atoms with van der Waals surface area (Å²) in [6, 6.07) is 4.18. The molecule has 4 rings (SSSR count). The molecule has 0 unspecified atom stereocenters. The van der Waals surface area contributed by atoms with E-state index in [0.29, 0.717) is 18.0 Å². The minimum Gasteiger partial charge on any atom is -0.353 e. The van der Waals surface area contributed by atoms with Gasteiger partial charge in [-0.05, 0) is 49.8 Å². The second kappa shape index (κ2) is 9.11. The standard InChI is InChI=1S/C22H23F2N5O/c23-19-7-1-15(11-20(19)24)2-8-22(30)28-17-3-5-18(6-4-17)29-14-16(12-27-29)21-13-25-9-10-26-21/h1,7,9-14,17-18H,2-6,8H2,(H,28,30). The Morgan fingerprint density at radius 2 is 1.93 bits per heavy atom. The highest BCUT2D eigenvalue weighted by Crippen LogP contribution is 2.29. The van der Waals surface area contributed by atoms with Crippen molar-refractivity contribution in [2.75, 3.05) is 0 Å². The minimum absolute atomic E-state index is 0.0628. The van der Waals surface area contributed by atoms with Gasteiger partial charge in [0.25, 0.3) is 0 Å². The topological polar surface area (TPSA) is 72.7 Å². The van der Waals surface area contributed by atoms with Crippen molar-refractivity contribution in [2.45, 2.75) is 50.6 Å². The van der Waals surface area contributed by atoms with Crippen LogP contribution >= 0.6 is 0 Å². The van der Waals surface area contributed by atoms with Crippen molar-refractivity contribution in [1.29, 1.82) is 0 Å². The Labute approximate surface area is 173 Å². The summed E-state index contributed by atoms with van der Waals surface area (Å²) in [5, 5.41) is 7.55. The molecule has 1 amide bonds. The maximum absolute atomic E-state index is 13.3. The lowest BCUT2D eigenvalue weighted by Crippen LogP contribution is -2.38. The van der Waals surface area contributed by atoms with Crippen molar-refractivity contribution < 1.29 is 13.6 Å². The van der Waals surface area contributed by atoms with Crippen molar-refractivity contribution in [3.05, 3.63) is 66.4 Å². The van der Waals surface area contributed by atoms with Crippen molar-refractivity contribution in [3.8, 4) is 11.3 Å². The Morgan fingerprint density at radius 1 is 1.10 bits per heavy atom. The average Bonchev–Trinajstić information content (AvgIpc) is 3.26. The van der Waals surface area contributed by atoms with Crippen LogP contribution in [0.2, 0.25) is 0 Å². The highest BCUT2D eigenvalue weighted by atomic mass is 19.2. The van der Waals surface area contributed by atoms with Gasteiger partial charge in [0.1, 0.15) is 0 Å². The van der Waals surface area contributed by atoms with Crippen LogP contribution in [0.15, 0.2) is 49.2 Å². The Hall–Kier alpha value is -3.16. The number of hydrogen-bond acceptors (Lipinski definition) is 4. The molecule has 0 saturated heterocycles. The molecule has 8 heteroatoms. The van der Waals surface area contributed by atoms with Crippen LogP contribution in [0, 0.1) is 11.6 Å². The van der Waals surface area contributed by atoms with Gasteiger partial charge in [-0.25, -0.2) is 8.78 Å². The molecule has 6 nitrogen and oxygen atoms in total. The van der Waals surface area contributed by atoms with Gasteiger partial charge in [-0.15, -0.1) is 0 Å². The van der Waals surface area contributed by atoms with E-state index in [-0.39, 0.29) is 18.4 Å². The first-order valence-electron chi connectivity index (χ1n) is 10.1. The number of halogens is 2. The quantitative estimate of drug-likeness (QED) is 0.669. The fourth-order valence-electron chi connectivity index (χ4n) is 3.86. The molecule has 2 aromatic heterocycles. The largest absolute Gasteiger partial charge is 0.353 e. The second-order valence-electron chi connectivity index (χ2n) is 7.62. The lowest BCUT2D eigenvalue weighted by molar-refractivity contribution is -0.122. The van der Waals surface area contributed by atoms with Crippen LogP contribution in [0.3, 0.4) is 0 Å². The van der Waals surface area contributed by atoms with Crippen molar-refractivity contribution in [2.24, 2.45) is 0 Å². The van der Waals surface area contributed by atoms with E-state index < -0.39 is 11.6 Å². The SMILES string of the molecule is O=C(CCc1ccc(F)c(F)c1)NC1CCC(n2cc(-c3cnccn3)cn2)CC1. The van der Waals surface area contributed by atoms with E-state index in [0.717, 1.165) is 49.1 Å². The number of aryl methyl sites for hydroxylation is 1. The molecule has 1 aromatic carbocycles. The van der Waals surface area contributed by atoms with Gasteiger partial charge in [0.05, 0.1) is 24.1 Å². The maximum Gasteiger partial charge on any atom is 0.220 e. The molecule has 1 N–H and O–H groups in total. The van der Waals surface area contributed by atoms with Crippen LogP contribution in [-0.2, 0) is 11.2 Å². The number of rotatable bonds is 6. The van der Waals surface area contributed by atoms with Crippen LogP contribution in [-0.4, -0.2) is 31.7 Å². The van der Waals surface area contributed by atoms with Crippen LogP contribution < -0.4 is 5.32 Å². The molecule has 156 valence electrons. The molecule has 1 saturated carbocycles. The van der Waals surface area contributed by atoms with E-state index in [1.165, 1.54) is 6.07 Å². The highest BCUT2D eigenvalue weighted by molar-refractivity contribution is 5.76. The molecule has 0 spiro atoms. The number of hydrogen-bond donors (Lipinski definition) is 1. The Morgan fingerprint density at radius 3 is 2.67 bits per heavy atom. The summed E-state index contributed by atoms with van der Waals surface area (Å²) in [5.41, 5.74) is 2.35. The fourth-order valence-corrected chi connectivity index (χ4v) is 3.86. The number of aromatic nitrogens is 4. The number of carbonyl (C=O) groups excluding carboxylic acids is 1. The molecule has 1 fully saturated rings. The molecule has 3 aromatic rings. The Kier molecular flexibility index (Phi) is 6.11. The molecular formula is C22H23F2N5O. The average molecular weight is 411 g/mol. The van der Waals surface area contributed by atoms with E-state index in [1.807, 2.05) is 10.9 Å². The van der Waals surface area contributed by atoms with E-state index in [4.69, 9.17) is 0 Å². The predicted octanol–water partition coefficient (Wildman–Crippen LogP) is 3.85. The summed E-state index contributed by atoms with van der Waals surface area (Å²) in [6.07, 6.45) is 13.1. The Balaban J connectivity index is 1.24. The zero-order chi connectivity index (χ0) is 20.9. The number of benzene rings is 1. The summed E-state index contributed by atoms with van der Waals surface area (Å²) in [4.78, 5) is 20.6. The molecule has 2 heterocycles. The first-order chi connectivity index (χ1) is 14.6. The number of nitrogens with zero attached hydrogens (tertiary/aromatic N) is 4. The van der Waals surface area contributed by atoms with Crippen LogP contribution in [0.25, 0.3) is 11.3 Å². The zero-order valence-electron chi connectivity index (χ0n) is 16.5. The third-order valence-electron chi connectivity index (χ3n) is 5.52. The number of carbonyl (C=O) groups is 1. The minimum atomic E-state index is -0.882. The first kappa shape index (κ1) is 20.1. The molecule has 30 heavy (non-hydrogen) atoms. The second-order valence-corrected chi connectivity index (χ2v) is 7.62. The third-order valence-corrected chi connectivity index (χ3v) is 5.52. The molecule has 1 aliphatic carbocycles. The summed E-state index contributed by atoms with van der Waals surface area (Å²) in [6.45, 7) is 0. The molecule has 0 bridgehead atoms. The molecular weight excluding hydrogens is 388 g/mol. The fraction of sp³-hybridized carbons (Fsp3) is 0.364. The zero-order valence-corrected chi connectivity index (χ0v) is 16.5. The highest BCUT2D eigenvalue weighted by Gasteiger charge is 2.24.